The standard InChI is InChI=1S/C18H21N2/c1-12(2)13-7-8-16-15(11-13)14-5-4-6-17-18(14)20(16)10-9-19(17)3/h7-12H,4-6H2,1-3H3/q+1. The summed E-state index contributed by atoms with van der Waals surface area (Å²) >= 11 is 0. The third kappa shape index (κ3) is 1.48. The predicted octanol–water partition coefficient (Wildman–Crippen LogP) is 3.53. The summed E-state index contributed by atoms with van der Waals surface area (Å²) in [6.07, 6.45) is 8.08. The fourth-order valence-corrected chi connectivity index (χ4v) is 3.63. The van der Waals surface area contributed by atoms with Gasteiger partial charge in [-0.3, -0.25) is 0 Å². The molecule has 0 bridgehead atoms. The van der Waals surface area contributed by atoms with Crippen LogP contribution >= 0.6 is 0 Å². The minimum Gasteiger partial charge on any atom is -0.305 e. The summed E-state index contributed by atoms with van der Waals surface area (Å²) in [5.41, 5.74) is 7.30. The fraction of sp³-hybridized carbons (Fsp3) is 0.389. The molecule has 4 rings (SSSR count). The van der Waals surface area contributed by atoms with Crippen molar-refractivity contribution in [2.75, 3.05) is 0 Å². The monoisotopic (exact) mass is 265 g/mol. The van der Waals surface area contributed by atoms with Crippen LogP contribution in [0.15, 0.2) is 30.6 Å². The molecule has 0 atom stereocenters. The second-order valence-corrected chi connectivity index (χ2v) is 6.34. The number of nitrogens with zero attached hydrogens (tertiary/aromatic N) is 2. The van der Waals surface area contributed by atoms with Crippen LogP contribution in [0.25, 0.3) is 16.4 Å². The Morgan fingerprint density at radius 3 is 2.85 bits per heavy atom. The van der Waals surface area contributed by atoms with Gasteiger partial charge in [-0.05, 0) is 42.0 Å². The van der Waals surface area contributed by atoms with E-state index in [1.165, 1.54) is 46.9 Å². The molecule has 2 nitrogen and oxygen atoms in total. The molecule has 2 heterocycles. The van der Waals surface area contributed by atoms with Crippen molar-refractivity contribution in [3.8, 4) is 0 Å². The topological polar surface area (TPSA) is 8.29 Å². The van der Waals surface area contributed by atoms with Crippen molar-refractivity contribution < 1.29 is 4.57 Å². The number of rotatable bonds is 1. The summed E-state index contributed by atoms with van der Waals surface area (Å²) < 4.78 is 4.68. The van der Waals surface area contributed by atoms with Crippen LogP contribution in [0.4, 0.5) is 0 Å². The van der Waals surface area contributed by atoms with Gasteiger partial charge in [0.2, 0.25) is 5.69 Å². The van der Waals surface area contributed by atoms with Gasteiger partial charge in [-0.2, -0.15) is 0 Å². The Bertz CT molecular complexity index is 824. The summed E-state index contributed by atoms with van der Waals surface area (Å²) in [4.78, 5) is 0. The Morgan fingerprint density at radius 2 is 2.05 bits per heavy atom. The third-order valence-corrected chi connectivity index (χ3v) is 4.78. The van der Waals surface area contributed by atoms with E-state index in [1.807, 2.05) is 0 Å². The molecule has 2 heteroatoms. The van der Waals surface area contributed by atoms with Crippen LogP contribution < -0.4 is 4.57 Å². The van der Waals surface area contributed by atoms with Crippen molar-refractivity contribution in [3.63, 3.8) is 0 Å². The maximum absolute atomic E-state index is 2.41. The molecule has 1 aromatic carbocycles. The highest BCUT2D eigenvalue weighted by Crippen LogP contribution is 2.34. The SMILES string of the molecule is CC(C)c1ccc2c(c1)c1c3c([n+](C)ccn32)CCC1. The van der Waals surface area contributed by atoms with E-state index in [4.69, 9.17) is 0 Å². The van der Waals surface area contributed by atoms with Gasteiger partial charge in [0.15, 0.2) is 6.20 Å². The molecule has 1 aliphatic rings. The molecule has 0 amide bonds. The molecule has 102 valence electrons. The van der Waals surface area contributed by atoms with Crippen molar-refractivity contribution in [1.82, 2.24) is 4.40 Å². The molecule has 0 N–H and O–H groups in total. The zero-order chi connectivity index (χ0) is 13.9. The van der Waals surface area contributed by atoms with E-state index in [9.17, 15) is 0 Å². The van der Waals surface area contributed by atoms with Gasteiger partial charge in [-0.25, -0.2) is 4.57 Å². The number of hydrogen-bond acceptors (Lipinski definition) is 0. The average Bonchev–Trinajstić information content (AvgIpc) is 2.78. The van der Waals surface area contributed by atoms with Crippen molar-refractivity contribution in [2.24, 2.45) is 7.05 Å². The molecule has 0 unspecified atom stereocenters. The number of hydrogen-bond donors (Lipinski definition) is 0. The second kappa shape index (κ2) is 4.08. The van der Waals surface area contributed by atoms with E-state index in [2.05, 4.69) is 60.5 Å². The number of aromatic nitrogens is 2. The third-order valence-electron chi connectivity index (χ3n) is 4.78. The van der Waals surface area contributed by atoms with Crippen LogP contribution in [0.1, 0.15) is 43.0 Å². The first-order valence-electron chi connectivity index (χ1n) is 7.61. The predicted molar refractivity (Wildman–Crippen MR) is 82.2 cm³/mol. The molecule has 0 spiro atoms. The Morgan fingerprint density at radius 1 is 1.20 bits per heavy atom. The van der Waals surface area contributed by atoms with Crippen LogP contribution in [0.3, 0.4) is 0 Å². The summed E-state index contributed by atoms with van der Waals surface area (Å²) in [5, 5.41) is 1.46. The molecular weight excluding hydrogens is 244 g/mol. The first kappa shape index (κ1) is 12.0. The minimum atomic E-state index is 0.591. The smallest absolute Gasteiger partial charge is 0.205 e. The van der Waals surface area contributed by atoms with E-state index in [0.717, 1.165) is 0 Å². The molecule has 20 heavy (non-hydrogen) atoms. The summed E-state index contributed by atoms with van der Waals surface area (Å²) in [6.45, 7) is 4.54. The Balaban J connectivity index is 2.18. The summed E-state index contributed by atoms with van der Waals surface area (Å²) in [5.74, 6) is 0.591. The maximum Gasteiger partial charge on any atom is 0.205 e. The lowest BCUT2D eigenvalue weighted by molar-refractivity contribution is -0.678. The highest BCUT2D eigenvalue weighted by molar-refractivity contribution is 5.93. The Labute approximate surface area is 119 Å². The lowest BCUT2D eigenvalue weighted by Crippen LogP contribution is -2.35. The zero-order valence-electron chi connectivity index (χ0n) is 12.5. The lowest BCUT2D eigenvalue weighted by Gasteiger charge is -2.10. The van der Waals surface area contributed by atoms with E-state index >= 15 is 0 Å². The number of aryl methyl sites for hydroxylation is 3. The van der Waals surface area contributed by atoms with Crippen molar-refractivity contribution >= 4 is 16.4 Å². The molecular formula is C18H21N2+. The van der Waals surface area contributed by atoms with Gasteiger partial charge in [-0.15, -0.1) is 0 Å². The second-order valence-electron chi connectivity index (χ2n) is 6.34. The van der Waals surface area contributed by atoms with Crippen molar-refractivity contribution in [2.45, 2.75) is 39.0 Å². The van der Waals surface area contributed by atoms with Gasteiger partial charge in [0.25, 0.3) is 0 Å². The van der Waals surface area contributed by atoms with Gasteiger partial charge < -0.3 is 4.40 Å². The van der Waals surface area contributed by atoms with E-state index in [0.29, 0.717) is 5.92 Å². The first-order chi connectivity index (χ1) is 9.66. The molecule has 3 aromatic rings. The highest BCUT2D eigenvalue weighted by atomic mass is 15.0. The average molecular weight is 265 g/mol. The number of benzene rings is 1. The molecule has 0 fully saturated rings. The van der Waals surface area contributed by atoms with Crippen LogP contribution in [-0.4, -0.2) is 4.40 Å². The van der Waals surface area contributed by atoms with Crippen molar-refractivity contribution in [1.29, 1.82) is 0 Å². The number of fused-ring (bicyclic) bond motifs is 3. The fourth-order valence-electron chi connectivity index (χ4n) is 3.63. The zero-order valence-corrected chi connectivity index (χ0v) is 12.5. The molecule has 1 aliphatic carbocycles. The van der Waals surface area contributed by atoms with Gasteiger partial charge in [0.1, 0.15) is 12.6 Å². The van der Waals surface area contributed by atoms with Crippen LogP contribution in [0, 0.1) is 0 Å². The Hall–Kier alpha value is -1.83. The summed E-state index contributed by atoms with van der Waals surface area (Å²) in [6, 6.07) is 7.00. The van der Waals surface area contributed by atoms with E-state index in [1.54, 1.807) is 5.56 Å². The van der Waals surface area contributed by atoms with Gasteiger partial charge >= 0.3 is 0 Å². The van der Waals surface area contributed by atoms with Gasteiger partial charge in [0, 0.05) is 11.8 Å². The first-order valence-corrected chi connectivity index (χ1v) is 7.61. The molecule has 0 saturated heterocycles. The van der Waals surface area contributed by atoms with Gasteiger partial charge in [0.05, 0.1) is 11.7 Å². The van der Waals surface area contributed by atoms with Gasteiger partial charge in [-0.1, -0.05) is 19.9 Å². The minimum absolute atomic E-state index is 0.591. The van der Waals surface area contributed by atoms with E-state index in [-0.39, 0.29) is 0 Å². The quantitative estimate of drug-likeness (QED) is 0.595. The molecule has 0 aliphatic heterocycles. The normalized spacial score (nSPS) is 14.6. The van der Waals surface area contributed by atoms with Crippen LogP contribution in [0.5, 0.6) is 0 Å². The molecule has 2 aromatic heterocycles. The summed E-state index contributed by atoms with van der Waals surface area (Å²) in [7, 11) is 2.17. The van der Waals surface area contributed by atoms with E-state index < -0.39 is 0 Å². The van der Waals surface area contributed by atoms with Crippen molar-refractivity contribution in [3.05, 3.63) is 47.4 Å². The Kier molecular flexibility index (Phi) is 2.44. The highest BCUT2D eigenvalue weighted by Gasteiger charge is 2.24. The van der Waals surface area contributed by atoms with Crippen LogP contribution in [0.2, 0.25) is 0 Å². The molecule has 0 radical (unpaired) electrons. The maximum atomic E-state index is 2.41. The lowest BCUT2D eigenvalue weighted by atomic mass is 9.95. The largest absolute Gasteiger partial charge is 0.305 e. The van der Waals surface area contributed by atoms with Crippen LogP contribution in [-0.2, 0) is 19.9 Å². The molecule has 0 saturated carbocycles.